The highest BCUT2D eigenvalue weighted by Gasteiger charge is 2.28. The van der Waals surface area contributed by atoms with Gasteiger partial charge in [-0.2, -0.15) is 0 Å². The lowest BCUT2D eigenvalue weighted by atomic mass is 10.1. The van der Waals surface area contributed by atoms with Crippen LogP contribution in [0.3, 0.4) is 0 Å². The number of rotatable bonds is 4. The molecule has 7 heteroatoms. The fourth-order valence-corrected chi connectivity index (χ4v) is 3.54. The second-order valence-electron chi connectivity index (χ2n) is 4.78. The minimum atomic E-state index is -3.09. The van der Waals surface area contributed by atoms with Crippen molar-refractivity contribution in [1.29, 1.82) is 0 Å². The van der Waals surface area contributed by atoms with E-state index in [-0.39, 0.29) is 17.8 Å². The topological polar surface area (TPSA) is 77.1 Å². The summed E-state index contributed by atoms with van der Waals surface area (Å²) < 4.78 is 30.3. The Morgan fingerprint density at radius 2 is 2.40 bits per heavy atom. The predicted molar refractivity (Wildman–Crippen MR) is 73.6 cm³/mol. The molecule has 2 aromatic heterocycles. The Bertz CT molecular complexity index is 716. The maximum Gasteiger partial charge on any atom is 0.173 e. The van der Waals surface area contributed by atoms with Crippen LogP contribution in [0.2, 0.25) is 0 Å². The first-order valence-corrected chi connectivity index (χ1v) is 7.94. The third-order valence-electron chi connectivity index (χ3n) is 3.26. The van der Waals surface area contributed by atoms with Gasteiger partial charge in [-0.1, -0.05) is 6.08 Å². The summed E-state index contributed by atoms with van der Waals surface area (Å²) in [7, 11) is -1.20. The Morgan fingerprint density at radius 3 is 2.95 bits per heavy atom. The molecule has 0 amide bonds. The van der Waals surface area contributed by atoms with Gasteiger partial charge < -0.3 is 8.98 Å². The van der Waals surface area contributed by atoms with Crippen LogP contribution in [-0.4, -0.2) is 29.8 Å². The Balaban J connectivity index is 1.88. The van der Waals surface area contributed by atoms with Crippen molar-refractivity contribution in [2.75, 3.05) is 5.75 Å². The van der Waals surface area contributed by atoms with Gasteiger partial charge in [0.15, 0.2) is 9.84 Å². The van der Waals surface area contributed by atoms with Gasteiger partial charge in [-0.05, 0) is 12.1 Å². The molecule has 0 radical (unpaired) electrons. The van der Waals surface area contributed by atoms with E-state index < -0.39 is 9.84 Å². The Labute approximate surface area is 117 Å². The summed E-state index contributed by atoms with van der Waals surface area (Å²) >= 11 is 0. The lowest BCUT2D eigenvalue weighted by Crippen LogP contribution is -2.35. The number of hydrogen-bond donors (Lipinski definition) is 1. The van der Waals surface area contributed by atoms with Crippen LogP contribution >= 0.6 is 0 Å². The molecule has 2 unspecified atom stereocenters. The summed E-state index contributed by atoms with van der Waals surface area (Å²) in [5.41, 5.74) is 0. The zero-order chi connectivity index (χ0) is 14.2. The van der Waals surface area contributed by atoms with Gasteiger partial charge in [0.25, 0.3) is 0 Å². The predicted octanol–water partition coefficient (Wildman–Crippen LogP) is 1.00. The molecule has 3 heterocycles. The smallest absolute Gasteiger partial charge is 0.173 e. The number of furan rings is 1. The van der Waals surface area contributed by atoms with Gasteiger partial charge in [0.1, 0.15) is 17.6 Å². The molecule has 2 aromatic rings. The van der Waals surface area contributed by atoms with Gasteiger partial charge >= 0.3 is 0 Å². The zero-order valence-electron chi connectivity index (χ0n) is 10.9. The van der Waals surface area contributed by atoms with Gasteiger partial charge in [0, 0.05) is 30.9 Å². The highest BCUT2D eigenvalue weighted by atomic mass is 32.2. The minimum Gasteiger partial charge on any atom is -0.467 e. The molecule has 0 aromatic carbocycles. The van der Waals surface area contributed by atoms with Gasteiger partial charge in [0.05, 0.1) is 12.0 Å². The molecule has 6 nitrogen and oxygen atoms in total. The second-order valence-corrected chi connectivity index (χ2v) is 6.71. The van der Waals surface area contributed by atoms with E-state index in [1.54, 1.807) is 24.6 Å². The van der Waals surface area contributed by atoms with E-state index in [0.717, 1.165) is 5.82 Å². The number of aromatic nitrogens is 2. The molecule has 106 valence electrons. The Kier molecular flexibility index (Phi) is 3.23. The van der Waals surface area contributed by atoms with Crippen LogP contribution in [0.1, 0.15) is 17.6 Å². The van der Waals surface area contributed by atoms with Crippen molar-refractivity contribution in [3.05, 3.63) is 53.9 Å². The molecule has 2 atom stereocenters. The summed E-state index contributed by atoms with van der Waals surface area (Å²) in [5.74, 6) is 1.55. The summed E-state index contributed by atoms with van der Waals surface area (Å²) in [6.45, 7) is 0. The van der Waals surface area contributed by atoms with Crippen LogP contribution in [0.25, 0.3) is 0 Å². The van der Waals surface area contributed by atoms with Crippen molar-refractivity contribution in [3.63, 3.8) is 0 Å². The Morgan fingerprint density at radius 1 is 1.55 bits per heavy atom. The lowest BCUT2D eigenvalue weighted by molar-refractivity contribution is 0.419. The molecule has 1 N–H and O–H groups in total. The highest BCUT2D eigenvalue weighted by molar-refractivity contribution is 7.94. The number of nitrogens with zero attached hydrogens (tertiary/aromatic N) is 2. The van der Waals surface area contributed by atoms with Crippen molar-refractivity contribution >= 4 is 9.84 Å². The fourth-order valence-electron chi connectivity index (χ4n) is 2.29. The highest BCUT2D eigenvalue weighted by Crippen LogP contribution is 2.23. The SMILES string of the molecule is Cn1ccnc1C(NC1C=CS(=O)(=O)C1)c1ccco1. The van der Waals surface area contributed by atoms with Gasteiger partial charge in [-0.3, -0.25) is 5.32 Å². The van der Waals surface area contributed by atoms with Gasteiger partial charge in [0.2, 0.25) is 0 Å². The summed E-state index contributed by atoms with van der Waals surface area (Å²) in [5, 5.41) is 4.53. The van der Waals surface area contributed by atoms with E-state index in [4.69, 9.17) is 4.42 Å². The first kappa shape index (κ1) is 13.1. The number of imidazole rings is 1. The molecular formula is C13H15N3O3S. The third kappa shape index (κ3) is 2.54. The van der Waals surface area contributed by atoms with E-state index in [9.17, 15) is 8.42 Å². The van der Waals surface area contributed by atoms with E-state index >= 15 is 0 Å². The van der Waals surface area contributed by atoms with E-state index in [1.165, 1.54) is 5.41 Å². The molecule has 0 saturated carbocycles. The fraction of sp³-hybridized carbons (Fsp3) is 0.308. The molecule has 0 saturated heterocycles. The zero-order valence-corrected chi connectivity index (χ0v) is 11.7. The number of sulfone groups is 1. The summed E-state index contributed by atoms with van der Waals surface area (Å²) in [6.07, 6.45) is 6.80. The second kappa shape index (κ2) is 4.92. The standard InChI is InChI=1S/C13H15N3O3S/c1-16-6-5-14-13(16)12(11-3-2-7-19-11)15-10-4-8-20(17,18)9-10/h2-8,10,12,15H,9H2,1H3. The molecule has 3 rings (SSSR count). The monoisotopic (exact) mass is 293 g/mol. The van der Waals surface area contributed by atoms with Crippen molar-refractivity contribution in [2.24, 2.45) is 7.05 Å². The van der Waals surface area contributed by atoms with Crippen molar-refractivity contribution in [2.45, 2.75) is 12.1 Å². The molecule has 1 aliphatic heterocycles. The van der Waals surface area contributed by atoms with Crippen LogP contribution in [-0.2, 0) is 16.9 Å². The lowest BCUT2D eigenvalue weighted by Gasteiger charge is -2.19. The number of hydrogen-bond acceptors (Lipinski definition) is 5. The first-order valence-electron chi connectivity index (χ1n) is 6.23. The van der Waals surface area contributed by atoms with Gasteiger partial charge in [-0.15, -0.1) is 0 Å². The average Bonchev–Trinajstić information content (AvgIpc) is 3.08. The molecule has 0 aliphatic carbocycles. The quantitative estimate of drug-likeness (QED) is 0.910. The van der Waals surface area contributed by atoms with Crippen molar-refractivity contribution in [1.82, 2.24) is 14.9 Å². The third-order valence-corrected chi connectivity index (χ3v) is 4.65. The average molecular weight is 293 g/mol. The van der Waals surface area contributed by atoms with Crippen LogP contribution in [0.15, 0.2) is 46.7 Å². The largest absolute Gasteiger partial charge is 0.467 e. The Hall–Kier alpha value is -1.86. The molecule has 1 aliphatic rings. The van der Waals surface area contributed by atoms with E-state index in [1.807, 2.05) is 23.9 Å². The van der Waals surface area contributed by atoms with Gasteiger partial charge in [-0.25, -0.2) is 13.4 Å². The molecule has 0 bridgehead atoms. The number of aryl methyl sites for hydroxylation is 1. The van der Waals surface area contributed by atoms with Crippen LogP contribution in [0, 0.1) is 0 Å². The molecular weight excluding hydrogens is 278 g/mol. The maximum atomic E-state index is 11.5. The van der Waals surface area contributed by atoms with Crippen molar-refractivity contribution < 1.29 is 12.8 Å². The molecule has 20 heavy (non-hydrogen) atoms. The normalized spacial score (nSPS) is 22.1. The first-order chi connectivity index (χ1) is 9.55. The maximum absolute atomic E-state index is 11.5. The van der Waals surface area contributed by atoms with Crippen LogP contribution in [0.5, 0.6) is 0 Å². The minimum absolute atomic E-state index is 0.0641. The summed E-state index contributed by atoms with van der Waals surface area (Å²) in [4.78, 5) is 4.32. The van der Waals surface area contributed by atoms with E-state index in [0.29, 0.717) is 5.76 Å². The van der Waals surface area contributed by atoms with Crippen LogP contribution < -0.4 is 5.32 Å². The van der Waals surface area contributed by atoms with E-state index in [2.05, 4.69) is 10.3 Å². The van der Waals surface area contributed by atoms with Crippen LogP contribution in [0.4, 0.5) is 0 Å². The number of nitrogens with one attached hydrogen (secondary N) is 1. The van der Waals surface area contributed by atoms with Crippen molar-refractivity contribution in [3.8, 4) is 0 Å². The summed E-state index contributed by atoms with van der Waals surface area (Å²) in [6, 6.07) is 3.12. The molecule has 0 spiro atoms. The molecule has 0 fully saturated rings.